The van der Waals surface area contributed by atoms with Crippen molar-refractivity contribution in [2.75, 3.05) is 13.1 Å². The van der Waals surface area contributed by atoms with E-state index in [1.54, 1.807) is 32.0 Å². The summed E-state index contributed by atoms with van der Waals surface area (Å²) in [6.45, 7) is 4.30. The Morgan fingerprint density at radius 2 is 2.13 bits per heavy atom. The molecule has 1 aromatic carbocycles. The second-order valence-electron chi connectivity index (χ2n) is 5.75. The lowest BCUT2D eigenvalue weighted by molar-refractivity contribution is 0.265. The van der Waals surface area contributed by atoms with Crippen molar-refractivity contribution in [1.29, 1.82) is 0 Å². The van der Waals surface area contributed by atoms with Crippen LogP contribution in [-0.4, -0.2) is 36.0 Å². The molecule has 1 fully saturated rings. The van der Waals surface area contributed by atoms with E-state index in [0.29, 0.717) is 35.4 Å². The Morgan fingerprint density at radius 1 is 1.35 bits per heavy atom. The van der Waals surface area contributed by atoms with Gasteiger partial charge in [0.05, 0.1) is 10.8 Å². The first-order valence-electron chi connectivity index (χ1n) is 7.45. The third-order valence-electron chi connectivity index (χ3n) is 4.11. The first-order chi connectivity index (χ1) is 10.9. The Hall–Kier alpha value is -1.44. The third-order valence-corrected chi connectivity index (χ3v) is 6.53. The van der Waals surface area contributed by atoms with Gasteiger partial charge in [-0.2, -0.15) is 9.29 Å². The quantitative estimate of drug-likeness (QED) is 0.846. The highest BCUT2D eigenvalue weighted by Crippen LogP contribution is 2.31. The van der Waals surface area contributed by atoms with E-state index in [-0.39, 0.29) is 10.8 Å². The average Bonchev–Trinajstić information content (AvgIpc) is 2.96. The van der Waals surface area contributed by atoms with Crippen LogP contribution in [0.2, 0.25) is 5.02 Å². The van der Waals surface area contributed by atoms with Gasteiger partial charge in [0, 0.05) is 18.1 Å². The highest BCUT2D eigenvalue weighted by atomic mass is 35.5. The van der Waals surface area contributed by atoms with E-state index in [0.717, 1.165) is 12.8 Å². The van der Waals surface area contributed by atoms with Crippen LogP contribution in [0.25, 0.3) is 0 Å². The fraction of sp³-hybridized carbons (Fsp3) is 0.467. The summed E-state index contributed by atoms with van der Waals surface area (Å²) >= 11 is 6.07. The third kappa shape index (κ3) is 3.13. The summed E-state index contributed by atoms with van der Waals surface area (Å²) in [4.78, 5) is 4.49. The number of hydrogen-bond acceptors (Lipinski definition) is 5. The average molecular weight is 356 g/mol. The molecule has 23 heavy (non-hydrogen) atoms. The molecular weight excluding hydrogens is 338 g/mol. The zero-order valence-electron chi connectivity index (χ0n) is 13.0. The predicted octanol–water partition coefficient (Wildman–Crippen LogP) is 2.91. The molecule has 6 nitrogen and oxygen atoms in total. The second kappa shape index (κ2) is 6.22. The van der Waals surface area contributed by atoms with E-state index in [9.17, 15) is 8.42 Å². The highest BCUT2D eigenvalue weighted by molar-refractivity contribution is 7.89. The zero-order valence-corrected chi connectivity index (χ0v) is 14.6. The molecule has 3 rings (SSSR count). The van der Waals surface area contributed by atoms with Crippen LogP contribution in [0.4, 0.5) is 0 Å². The van der Waals surface area contributed by atoms with Crippen molar-refractivity contribution in [3.63, 3.8) is 0 Å². The number of halogens is 1. The summed E-state index contributed by atoms with van der Waals surface area (Å²) < 4.78 is 32.6. The van der Waals surface area contributed by atoms with Crippen LogP contribution >= 0.6 is 11.6 Å². The van der Waals surface area contributed by atoms with E-state index >= 15 is 0 Å². The fourth-order valence-corrected chi connectivity index (χ4v) is 4.85. The van der Waals surface area contributed by atoms with Crippen LogP contribution in [0, 0.1) is 13.8 Å². The van der Waals surface area contributed by atoms with Gasteiger partial charge in [-0.05, 0) is 44.4 Å². The fourth-order valence-electron chi connectivity index (χ4n) is 2.85. The van der Waals surface area contributed by atoms with Crippen LogP contribution in [0.5, 0.6) is 0 Å². The molecule has 0 saturated carbocycles. The number of aryl methyl sites for hydroxylation is 1. The number of aromatic nitrogens is 2. The number of rotatable bonds is 3. The summed E-state index contributed by atoms with van der Waals surface area (Å²) in [5.41, 5.74) is 0.574. The summed E-state index contributed by atoms with van der Waals surface area (Å²) in [5.74, 6) is 0.995. The van der Waals surface area contributed by atoms with E-state index in [2.05, 4.69) is 10.1 Å². The smallest absolute Gasteiger partial charge is 0.243 e. The Balaban J connectivity index is 1.89. The topological polar surface area (TPSA) is 76.3 Å². The maximum absolute atomic E-state index is 12.9. The highest BCUT2D eigenvalue weighted by Gasteiger charge is 2.34. The summed E-state index contributed by atoms with van der Waals surface area (Å²) in [7, 11) is -3.59. The predicted molar refractivity (Wildman–Crippen MR) is 86.0 cm³/mol. The van der Waals surface area contributed by atoms with Crippen molar-refractivity contribution in [1.82, 2.24) is 14.4 Å². The number of hydrogen-bond donors (Lipinski definition) is 0. The molecule has 0 unspecified atom stereocenters. The summed E-state index contributed by atoms with van der Waals surface area (Å²) in [6.07, 6.45) is 1.59. The number of sulfonamides is 1. The van der Waals surface area contributed by atoms with Gasteiger partial charge in [-0.25, -0.2) is 8.42 Å². The molecule has 1 aromatic heterocycles. The molecule has 1 saturated heterocycles. The van der Waals surface area contributed by atoms with Gasteiger partial charge in [-0.3, -0.25) is 0 Å². The van der Waals surface area contributed by atoms with E-state index < -0.39 is 10.0 Å². The van der Waals surface area contributed by atoms with Crippen molar-refractivity contribution < 1.29 is 12.9 Å². The minimum Gasteiger partial charge on any atom is -0.339 e. The molecular formula is C15H18ClN3O3S. The summed E-state index contributed by atoms with van der Waals surface area (Å²) in [6, 6.07) is 4.94. The monoisotopic (exact) mass is 355 g/mol. The van der Waals surface area contributed by atoms with E-state index in [1.165, 1.54) is 4.31 Å². The van der Waals surface area contributed by atoms with Crippen LogP contribution < -0.4 is 0 Å². The van der Waals surface area contributed by atoms with E-state index in [4.69, 9.17) is 16.1 Å². The van der Waals surface area contributed by atoms with Gasteiger partial charge in [0.25, 0.3) is 0 Å². The van der Waals surface area contributed by atoms with E-state index in [1.807, 2.05) is 0 Å². The molecule has 1 aliphatic heterocycles. The van der Waals surface area contributed by atoms with Gasteiger partial charge in [0.1, 0.15) is 0 Å². The zero-order chi connectivity index (χ0) is 16.6. The Morgan fingerprint density at radius 3 is 2.83 bits per heavy atom. The number of benzene rings is 1. The largest absolute Gasteiger partial charge is 0.339 e. The molecule has 124 valence electrons. The molecule has 0 radical (unpaired) electrons. The van der Waals surface area contributed by atoms with Crippen LogP contribution in [0.1, 0.15) is 36.0 Å². The van der Waals surface area contributed by atoms with Crippen LogP contribution in [0.3, 0.4) is 0 Å². The minimum atomic E-state index is -3.59. The lowest BCUT2D eigenvalue weighted by Gasteiger charge is -2.30. The molecule has 1 aliphatic rings. The van der Waals surface area contributed by atoms with Gasteiger partial charge in [-0.1, -0.05) is 22.8 Å². The van der Waals surface area contributed by atoms with Gasteiger partial charge in [0.2, 0.25) is 15.9 Å². The minimum absolute atomic E-state index is 0.0702. The number of piperidine rings is 1. The maximum Gasteiger partial charge on any atom is 0.243 e. The molecule has 2 aromatic rings. The maximum atomic E-state index is 12.9. The summed E-state index contributed by atoms with van der Waals surface area (Å²) in [5, 5.41) is 4.24. The lowest BCUT2D eigenvalue weighted by Crippen LogP contribution is -2.39. The Bertz CT molecular complexity index is 819. The molecule has 0 amide bonds. The lowest BCUT2D eigenvalue weighted by atomic mass is 10.00. The van der Waals surface area contributed by atoms with Gasteiger partial charge in [0.15, 0.2) is 5.82 Å². The molecule has 2 heterocycles. The van der Waals surface area contributed by atoms with Crippen LogP contribution in [0.15, 0.2) is 27.6 Å². The van der Waals surface area contributed by atoms with Gasteiger partial charge < -0.3 is 4.52 Å². The normalized spacial score (nSPS) is 19.9. The van der Waals surface area contributed by atoms with Crippen molar-refractivity contribution in [2.45, 2.75) is 37.5 Å². The van der Waals surface area contributed by atoms with Crippen molar-refractivity contribution in [2.24, 2.45) is 0 Å². The first kappa shape index (κ1) is 16.4. The molecule has 0 aliphatic carbocycles. The Kier molecular flexibility index (Phi) is 4.44. The van der Waals surface area contributed by atoms with Crippen molar-refractivity contribution >= 4 is 21.6 Å². The molecule has 8 heteroatoms. The van der Waals surface area contributed by atoms with Crippen LogP contribution in [-0.2, 0) is 10.0 Å². The van der Waals surface area contributed by atoms with Crippen molar-refractivity contribution in [3.05, 3.63) is 40.5 Å². The van der Waals surface area contributed by atoms with Gasteiger partial charge in [-0.15, -0.1) is 0 Å². The van der Waals surface area contributed by atoms with Gasteiger partial charge >= 0.3 is 0 Å². The second-order valence-corrected chi connectivity index (χ2v) is 8.06. The standard InChI is InChI=1S/C15H18ClN3O3S/c1-10-13(16)6-3-7-14(10)23(20,21)19-8-4-5-12(9-19)15-17-11(2)18-22-15/h3,6-7,12H,4-5,8-9H2,1-2H3/t12-/m1/s1. The molecule has 0 N–H and O–H groups in total. The SMILES string of the molecule is Cc1noc([C@@H]2CCCN(S(=O)(=O)c3cccc(Cl)c3C)C2)n1. The molecule has 0 bridgehead atoms. The Labute approximate surface area is 140 Å². The van der Waals surface area contributed by atoms with Crippen molar-refractivity contribution in [3.8, 4) is 0 Å². The molecule has 1 atom stereocenters. The molecule has 0 spiro atoms. The number of nitrogens with zero attached hydrogens (tertiary/aromatic N) is 3. The first-order valence-corrected chi connectivity index (χ1v) is 9.27.